The molecule has 1 amide bonds. The number of nitrogens with one attached hydrogen (secondary N) is 1. The van der Waals surface area contributed by atoms with E-state index in [0.29, 0.717) is 11.4 Å². The van der Waals surface area contributed by atoms with Crippen molar-refractivity contribution in [1.29, 1.82) is 0 Å². The van der Waals surface area contributed by atoms with Gasteiger partial charge in [-0.15, -0.1) is 0 Å². The molecule has 0 radical (unpaired) electrons. The van der Waals surface area contributed by atoms with Gasteiger partial charge in [-0.1, -0.05) is 69.3 Å². The van der Waals surface area contributed by atoms with Crippen molar-refractivity contribution in [2.75, 3.05) is 7.11 Å². The van der Waals surface area contributed by atoms with Gasteiger partial charge in [-0.25, -0.2) is 14.8 Å². The van der Waals surface area contributed by atoms with Crippen molar-refractivity contribution < 1.29 is 19.4 Å². The highest BCUT2D eigenvalue weighted by atomic mass is 16.5. The Morgan fingerprint density at radius 1 is 0.842 bits per heavy atom. The molecule has 0 aliphatic carbocycles. The molecule has 3 aromatic carbocycles. The van der Waals surface area contributed by atoms with Gasteiger partial charge in [0.15, 0.2) is 5.82 Å². The van der Waals surface area contributed by atoms with Crippen molar-refractivity contribution in [1.82, 2.24) is 15.3 Å². The van der Waals surface area contributed by atoms with Crippen LogP contribution in [-0.2, 0) is 16.6 Å². The Labute approximate surface area is 222 Å². The highest BCUT2D eigenvalue weighted by molar-refractivity contribution is 5.96. The summed E-state index contributed by atoms with van der Waals surface area (Å²) in [5.74, 6) is -0.160. The van der Waals surface area contributed by atoms with Crippen LogP contribution >= 0.6 is 0 Å². The molecular formula is C31H31N3O4. The van der Waals surface area contributed by atoms with Crippen LogP contribution in [0.2, 0.25) is 0 Å². The topological polar surface area (TPSA) is 101 Å². The molecule has 0 saturated heterocycles. The van der Waals surface area contributed by atoms with Crippen LogP contribution in [0.15, 0.2) is 85.2 Å². The largest absolute Gasteiger partial charge is 0.497 e. The fraction of sp³-hybridized carbons (Fsp3) is 0.226. The third kappa shape index (κ3) is 6.42. The van der Waals surface area contributed by atoms with E-state index in [2.05, 4.69) is 36.1 Å². The van der Waals surface area contributed by atoms with E-state index in [-0.39, 0.29) is 11.8 Å². The molecule has 0 saturated carbocycles. The predicted molar refractivity (Wildman–Crippen MR) is 147 cm³/mol. The van der Waals surface area contributed by atoms with E-state index in [1.807, 2.05) is 60.7 Å². The minimum atomic E-state index is -1.09. The normalized spacial score (nSPS) is 12.0. The SMILES string of the molecule is COc1ccc(-c2cnc(-c3ccc(C[C@H](NC(=O)c4ccc(C(C)(C)C)cc4)C(=O)O)cc3)nc2)cc1. The molecule has 194 valence electrons. The maximum absolute atomic E-state index is 12.7. The molecule has 0 spiro atoms. The van der Waals surface area contributed by atoms with Gasteiger partial charge in [0.05, 0.1) is 7.11 Å². The third-order valence-corrected chi connectivity index (χ3v) is 6.34. The quantitative estimate of drug-likeness (QED) is 0.323. The summed E-state index contributed by atoms with van der Waals surface area (Å²) in [5, 5.41) is 12.4. The number of carboxylic acids is 1. The third-order valence-electron chi connectivity index (χ3n) is 6.34. The smallest absolute Gasteiger partial charge is 0.326 e. The zero-order valence-electron chi connectivity index (χ0n) is 21.9. The van der Waals surface area contributed by atoms with Gasteiger partial charge in [-0.05, 0) is 46.4 Å². The molecule has 0 unspecified atom stereocenters. The predicted octanol–water partition coefficient (Wildman–Crippen LogP) is 5.54. The van der Waals surface area contributed by atoms with Crippen LogP contribution in [0.4, 0.5) is 0 Å². The number of hydrogen-bond acceptors (Lipinski definition) is 5. The summed E-state index contributed by atoms with van der Waals surface area (Å²) in [5.41, 5.74) is 4.96. The minimum absolute atomic E-state index is 0.0333. The first-order valence-electron chi connectivity index (χ1n) is 12.3. The Kier molecular flexibility index (Phi) is 7.86. The Hall–Kier alpha value is -4.52. The number of aliphatic carboxylic acids is 1. The molecule has 1 atom stereocenters. The summed E-state index contributed by atoms with van der Waals surface area (Å²) in [6.07, 6.45) is 3.68. The zero-order chi connectivity index (χ0) is 27.3. The molecule has 2 N–H and O–H groups in total. The van der Waals surface area contributed by atoms with E-state index in [4.69, 9.17) is 4.74 Å². The first-order chi connectivity index (χ1) is 18.1. The van der Waals surface area contributed by atoms with Crippen molar-refractivity contribution in [3.8, 4) is 28.3 Å². The minimum Gasteiger partial charge on any atom is -0.497 e. The maximum Gasteiger partial charge on any atom is 0.326 e. The van der Waals surface area contributed by atoms with Crippen molar-refractivity contribution in [3.05, 3.63) is 102 Å². The fourth-order valence-electron chi connectivity index (χ4n) is 4.00. The molecule has 4 rings (SSSR count). The van der Waals surface area contributed by atoms with Gasteiger partial charge in [0.2, 0.25) is 0 Å². The van der Waals surface area contributed by atoms with Gasteiger partial charge in [0.1, 0.15) is 11.8 Å². The van der Waals surface area contributed by atoms with Crippen LogP contribution in [0.3, 0.4) is 0 Å². The number of methoxy groups -OCH3 is 1. The van der Waals surface area contributed by atoms with Crippen LogP contribution in [0.1, 0.15) is 42.3 Å². The maximum atomic E-state index is 12.7. The van der Waals surface area contributed by atoms with E-state index >= 15 is 0 Å². The van der Waals surface area contributed by atoms with Crippen LogP contribution in [0, 0.1) is 0 Å². The molecule has 1 heterocycles. The van der Waals surface area contributed by atoms with Gasteiger partial charge in [0.25, 0.3) is 5.91 Å². The van der Waals surface area contributed by atoms with E-state index in [9.17, 15) is 14.7 Å². The van der Waals surface area contributed by atoms with Crippen LogP contribution < -0.4 is 10.1 Å². The Bertz CT molecular complexity index is 1390. The summed E-state index contributed by atoms with van der Waals surface area (Å²) in [6, 6.07) is 21.2. The number of rotatable bonds is 8. The molecule has 38 heavy (non-hydrogen) atoms. The number of amides is 1. The molecule has 0 fully saturated rings. The number of carbonyl (C=O) groups excluding carboxylic acids is 1. The standard InChI is InChI=1S/C31H31N3O4/c1-31(2,3)25-13-9-23(10-14-25)29(35)34-27(30(36)37)17-20-5-7-22(8-6-20)28-32-18-24(19-33-28)21-11-15-26(38-4)16-12-21/h5-16,18-19,27H,17H2,1-4H3,(H,34,35)(H,36,37)/t27-/m0/s1. The first-order valence-corrected chi connectivity index (χ1v) is 12.3. The number of aromatic nitrogens is 2. The lowest BCUT2D eigenvalue weighted by Gasteiger charge is -2.19. The number of carbonyl (C=O) groups is 2. The van der Waals surface area contributed by atoms with Crippen molar-refractivity contribution in [2.45, 2.75) is 38.6 Å². The van der Waals surface area contributed by atoms with E-state index in [0.717, 1.165) is 33.6 Å². The molecule has 4 aromatic rings. The first kappa shape index (κ1) is 26.5. The van der Waals surface area contributed by atoms with E-state index in [1.54, 1.807) is 31.6 Å². The van der Waals surface area contributed by atoms with Gasteiger partial charge in [0, 0.05) is 35.5 Å². The summed E-state index contributed by atoms with van der Waals surface area (Å²) < 4.78 is 5.20. The van der Waals surface area contributed by atoms with E-state index in [1.165, 1.54) is 0 Å². The number of nitrogens with zero attached hydrogens (tertiary/aromatic N) is 2. The Morgan fingerprint density at radius 3 is 1.95 bits per heavy atom. The molecule has 0 bridgehead atoms. The monoisotopic (exact) mass is 509 g/mol. The fourth-order valence-corrected chi connectivity index (χ4v) is 4.00. The zero-order valence-corrected chi connectivity index (χ0v) is 21.9. The lowest BCUT2D eigenvalue weighted by Crippen LogP contribution is -2.42. The van der Waals surface area contributed by atoms with Crippen LogP contribution in [0.25, 0.3) is 22.5 Å². The highest BCUT2D eigenvalue weighted by Gasteiger charge is 2.22. The van der Waals surface area contributed by atoms with Crippen molar-refractivity contribution in [2.24, 2.45) is 0 Å². The molecule has 7 nitrogen and oxygen atoms in total. The summed E-state index contributed by atoms with van der Waals surface area (Å²) >= 11 is 0. The second-order valence-electron chi connectivity index (χ2n) is 10.1. The molecule has 0 aliphatic rings. The average molecular weight is 510 g/mol. The molecule has 1 aromatic heterocycles. The summed E-state index contributed by atoms with van der Waals surface area (Å²) in [6.45, 7) is 6.28. The number of ether oxygens (including phenoxy) is 1. The Morgan fingerprint density at radius 2 is 1.42 bits per heavy atom. The van der Waals surface area contributed by atoms with Gasteiger partial charge >= 0.3 is 5.97 Å². The molecule has 0 aliphatic heterocycles. The molecular weight excluding hydrogens is 478 g/mol. The lowest BCUT2D eigenvalue weighted by molar-refractivity contribution is -0.139. The summed E-state index contributed by atoms with van der Waals surface area (Å²) in [7, 11) is 1.63. The number of benzene rings is 3. The molecule has 7 heteroatoms. The van der Waals surface area contributed by atoms with E-state index < -0.39 is 17.9 Å². The highest BCUT2D eigenvalue weighted by Crippen LogP contribution is 2.24. The van der Waals surface area contributed by atoms with Crippen LogP contribution in [-0.4, -0.2) is 40.1 Å². The van der Waals surface area contributed by atoms with Crippen molar-refractivity contribution in [3.63, 3.8) is 0 Å². The van der Waals surface area contributed by atoms with Crippen LogP contribution in [0.5, 0.6) is 5.75 Å². The number of hydrogen-bond donors (Lipinski definition) is 2. The lowest BCUT2D eigenvalue weighted by atomic mass is 9.86. The van der Waals surface area contributed by atoms with Gasteiger partial charge in [-0.2, -0.15) is 0 Å². The summed E-state index contributed by atoms with van der Waals surface area (Å²) in [4.78, 5) is 33.6. The second kappa shape index (κ2) is 11.3. The Balaban J connectivity index is 1.41. The second-order valence-corrected chi connectivity index (χ2v) is 10.1. The number of carboxylic acid groups (broad SMARTS) is 1. The average Bonchev–Trinajstić information content (AvgIpc) is 2.93. The van der Waals surface area contributed by atoms with Gasteiger partial charge in [-0.3, -0.25) is 4.79 Å². The van der Waals surface area contributed by atoms with Gasteiger partial charge < -0.3 is 15.2 Å². The van der Waals surface area contributed by atoms with Crippen molar-refractivity contribution >= 4 is 11.9 Å².